The van der Waals surface area contributed by atoms with E-state index in [9.17, 15) is 4.79 Å². The lowest BCUT2D eigenvalue weighted by atomic mass is 9.95. The number of amides is 1. The Morgan fingerprint density at radius 1 is 1.35 bits per heavy atom. The molecule has 2 bridgehead atoms. The smallest absolute Gasteiger partial charge is 0.261 e. The molecule has 0 heterocycles. The van der Waals surface area contributed by atoms with Crippen LogP contribution in [-0.2, 0) is 4.79 Å². The summed E-state index contributed by atoms with van der Waals surface area (Å²) in [4.78, 5) is 12.2. The number of carbonyl (C=O) groups excluding carboxylic acids is 1. The summed E-state index contributed by atoms with van der Waals surface area (Å²) in [7, 11) is 0. The summed E-state index contributed by atoms with van der Waals surface area (Å²) in [6, 6.07) is 8.21. The molecular weight excluding hydrogens is 250 g/mol. The van der Waals surface area contributed by atoms with Crippen LogP contribution in [0.4, 0.5) is 0 Å². The third-order valence-corrected chi connectivity index (χ3v) is 4.74. The van der Waals surface area contributed by atoms with Crippen LogP contribution in [0.1, 0.15) is 38.2 Å². The van der Waals surface area contributed by atoms with Gasteiger partial charge in [-0.3, -0.25) is 4.79 Å². The van der Waals surface area contributed by atoms with E-state index in [2.05, 4.69) is 5.32 Å². The van der Waals surface area contributed by atoms with Crippen LogP contribution in [0.25, 0.3) is 0 Å². The summed E-state index contributed by atoms with van der Waals surface area (Å²) in [6.45, 7) is 3.84. The van der Waals surface area contributed by atoms with Crippen molar-refractivity contribution in [3.05, 3.63) is 29.8 Å². The lowest BCUT2D eigenvalue weighted by molar-refractivity contribution is -0.128. The molecule has 1 amide bonds. The van der Waals surface area contributed by atoms with Gasteiger partial charge in [0.15, 0.2) is 6.10 Å². The van der Waals surface area contributed by atoms with Gasteiger partial charge in [0.05, 0.1) is 0 Å². The number of rotatable bonds is 4. The second-order valence-electron chi connectivity index (χ2n) is 6.37. The molecule has 3 rings (SSSR count). The third-order valence-electron chi connectivity index (χ3n) is 4.74. The van der Waals surface area contributed by atoms with E-state index in [1.807, 2.05) is 38.1 Å². The van der Waals surface area contributed by atoms with Crippen molar-refractivity contribution in [3.63, 3.8) is 0 Å². The zero-order valence-electron chi connectivity index (χ0n) is 12.3. The van der Waals surface area contributed by atoms with Crippen molar-refractivity contribution < 1.29 is 9.53 Å². The molecule has 20 heavy (non-hydrogen) atoms. The Bertz CT molecular complexity index is 500. The number of aryl methyl sites for hydroxylation is 1. The van der Waals surface area contributed by atoms with Crippen LogP contribution in [0, 0.1) is 18.8 Å². The molecular formula is C17H23NO2. The molecule has 3 nitrogen and oxygen atoms in total. The highest BCUT2D eigenvalue weighted by molar-refractivity contribution is 5.81. The number of hydrogen-bond donors (Lipinski definition) is 1. The van der Waals surface area contributed by atoms with E-state index in [0.717, 1.165) is 23.7 Å². The van der Waals surface area contributed by atoms with Gasteiger partial charge in [0, 0.05) is 6.04 Å². The van der Waals surface area contributed by atoms with E-state index in [1.165, 1.54) is 19.3 Å². The highest BCUT2D eigenvalue weighted by atomic mass is 16.5. The van der Waals surface area contributed by atoms with E-state index in [0.29, 0.717) is 12.0 Å². The van der Waals surface area contributed by atoms with Crippen LogP contribution in [0.3, 0.4) is 0 Å². The Kier molecular flexibility index (Phi) is 3.68. The maximum atomic E-state index is 12.2. The minimum absolute atomic E-state index is 0.0176. The van der Waals surface area contributed by atoms with E-state index in [1.54, 1.807) is 0 Å². The number of hydrogen-bond acceptors (Lipinski definition) is 2. The van der Waals surface area contributed by atoms with Crippen molar-refractivity contribution in [2.75, 3.05) is 0 Å². The zero-order chi connectivity index (χ0) is 14.1. The van der Waals surface area contributed by atoms with Crippen LogP contribution in [-0.4, -0.2) is 18.1 Å². The number of nitrogens with one attached hydrogen (secondary N) is 1. The molecule has 108 valence electrons. The van der Waals surface area contributed by atoms with Gasteiger partial charge in [-0.25, -0.2) is 0 Å². The third kappa shape index (κ3) is 2.82. The lowest BCUT2D eigenvalue weighted by Crippen LogP contribution is -2.44. The molecule has 2 fully saturated rings. The molecule has 0 aliphatic heterocycles. The zero-order valence-corrected chi connectivity index (χ0v) is 12.3. The van der Waals surface area contributed by atoms with Gasteiger partial charge in [0.1, 0.15) is 5.75 Å². The molecule has 0 unspecified atom stereocenters. The Balaban J connectivity index is 1.54. The summed E-state index contributed by atoms with van der Waals surface area (Å²) < 4.78 is 5.74. The van der Waals surface area contributed by atoms with Gasteiger partial charge in [-0.2, -0.15) is 0 Å². The van der Waals surface area contributed by atoms with Gasteiger partial charge in [-0.05, 0) is 62.6 Å². The van der Waals surface area contributed by atoms with Gasteiger partial charge in [0.2, 0.25) is 0 Å². The molecule has 2 aliphatic rings. The summed E-state index contributed by atoms with van der Waals surface area (Å²) in [5, 5.41) is 3.18. The molecule has 1 aromatic rings. The van der Waals surface area contributed by atoms with Gasteiger partial charge in [0.25, 0.3) is 5.91 Å². The topological polar surface area (TPSA) is 38.3 Å². The molecule has 1 N–H and O–H groups in total. The summed E-state index contributed by atoms with van der Waals surface area (Å²) in [5.74, 6) is 2.33. The molecule has 0 radical (unpaired) electrons. The minimum atomic E-state index is -0.434. The molecule has 0 aromatic heterocycles. The molecule has 1 aromatic carbocycles. The van der Waals surface area contributed by atoms with Crippen molar-refractivity contribution in [1.82, 2.24) is 5.32 Å². The second-order valence-corrected chi connectivity index (χ2v) is 6.37. The summed E-state index contributed by atoms with van der Waals surface area (Å²) in [6.07, 6.45) is 4.66. The van der Waals surface area contributed by atoms with Gasteiger partial charge >= 0.3 is 0 Å². The number of benzene rings is 1. The number of carbonyl (C=O) groups is 1. The predicted octanol–water partition coefficient (Wildman–Crippen LogP) is 3.07. The summed E-state index contributed by atoms with van der Waals surface area (Å²) >= 11 is 0. The Hall–Kier alpha value is -1.51. The van der Waals surface area contributed by atoms with E-state index >= 15 is 0 Å². The maximum Gasteiger partial charge on any atom is 0.261 e. The van der Waals surface area contributed by atoms with Crippen molar-refractivity contribution in [1.29, 1.82) is 0 Å². The molecule has 4 atom stereocenters. The van der Waals surface area contributed by atoms with Crippen LogP contribution < -0.4 is 10.1 Å². The van der Waals surface area contributed by atoms with E-state index in [4.69, 9.17) is 4.74 Å². The fourth-order valence-electron chi connectivity index (χ4n) is 3.67. The SMILES string of the molecule is Cc1cccc(O[C@@H](C)C(=O)N[C@H]2C[C@H]3CC[C@H]2C3)c1. The van der Waals surface area contributed by atoms with Crippen molar-refractivity contribution in [2.24, 2.45) is 11.8 Å². The second kappa shape index (κ2) is 5.47. The largest absolute Gasteiger partial charge is 0.481 e. The standard InChI is InChI=1S/C17H23NO2/c1-11-4-3-5-15(8-11)20-12(2)17(19)18-16-10-13-6-7-14(16)9-13/h3-5,8,12-14,16H,6-7,9-10H2,1-2H3,(H,18,19)/t12-,13-,14-,16-/m0/s1. The highest BCUT2D eigenvalue weighted by Crippen LogP contribution is 2.44. The van der Waals surface area contributed by atoms with Crippen molar-refractivity contribution >= 4 is 5.91 Å². The minimum Gasteiger partial charge on any atom is -0.481 e. The highest BCUT2D eigenvalue weighted by Gasteiger charge is 2.40. The number of ether oxygens (including phenoxy) is 1. The summed E-state index contributed by atoms with van der Waals surface area (Å²) in [5.41, 5.74) is 1.14. The fraction of sp³-hybridized carbons (Fsp3) is 0.588. The van der Waals surface area contributed by atoms with Gasteiger partial charge < -0.3 is 10.1 Å². The van der Waals surface area contributed by atoms with Crippen LogP contribution in [0.5, 0.6) is 5.75 Å². The Labute approximate surface area is 120 Å². The fourth-order valence-corrected chi connectivity index (χ4v) is 3.67. The lowest BCUT2D eigenvalue weighted by Gasteiger charge is -2.24. The average Bonchev–Trinajstić information content (AvgIpc) is 3.01. The first-order valence-corrected chi connectivity index (χ1v) is 7.65. The molecule has 2 aliphatic carbocycles. The molecule has 3 heteroatoms. The van der Waals surface area contributed by atoms with Crippen LogP contribution in [0.2, 0.25) is 0 Å². The number of fused-ring (bicyclic) bond motifs is 2. The Morgan fingerprint density at radius 2 is 2.20 bits per heavy atom. The average molecular weight is 273 g/mol. The van der Waals surface area contributed by atoms with E-state index in [-0.39, 0.29) is 5.91 Å². The molecule has 2 saturated carbocycles. The van der Waals surface area contributed by atoms with Crippen LogP contribution in [0.15, 0.2) is 24.3 Å². The van der Waals surface area contributed by atoms with Crippen molar-refractivity contribution in [2.45, 2.75) is 51.7 Å². The molecule has 0 spiro atoms. The first-order valence-electron chi connectivity index (χ1n) is 7.65. The van der Waals surface area contributed by atoms with Crippen LogP contribution >= 0.6 is 0 Å². The normalized spacial score (nSPS) is 29.2. The van der Waals surface area contributed by atoms with E-state index < -0.39 is 6.10 Å². The maximum absolute atomic E-state index is 12.2. The predicted molar refractivity (Wildman–Crippen MR) is 78.6 cm³/mol. The molecule has 0 saturated heterocycles. The van der Waals surface area contributed by atoms with Crippen molar-refractivity contribution in [3.8, 4) is 5.75 Å². The monoisotopic (exact) mass is 273 g/mol. The first-order chi connectivity index (χ1) is 9.61. The quantitative estimate of drug-likeness (QED) is 0.915. The Morgan fingerprint density at radius 3 is 2.85 bits per heavy atom. The van der Waals surface area contributed by atoms with Gasteiger partial charge in [-0.15, -0.1) is 0 Å². The first kappa shape index (κ1) is 13.5. The van der Waals surface area contributed by atoms with Gasteiger partial charge in [-0.1, -0.05) is 18.6 Å².